The fourth-order valence-corrected chi connectivity index (χ4v) is 7.67. The number of halogens is 3. The van der Waals surface area contributed by atoms with Crippen molar-refractivity contribution in [2.24, 2.45) is 4.99 Å². The summed E-state index contributed by atoms with van der Waals surface area (Å²) in [6.07, 6.45) is 0. The summed E-state index contributed by atoms with van der Waals surface area (Å²) in [6.45, 7) is 1.33. The number of anilines is 1. The van der Waals surface area contributed by atoms with Gasteiger partial charge in [-0.15, -0.1) is 0 Å². The number of rotatable bonds is 1. The van der Waals surface area contributed by atoms with Gasteiger partial charge in [-0.2, -0.15) is 4.99 Å². The molecule has 0 unspecified atom stereocenters. The Morgan fingerprint density at radius 1 is 1.26 bits per heavy atom. The molecule has 0 radical (unpaired) electrons. The van der Waals surface area contributed by atoms with E-state index in [0.29, 0.717) is 15.9 Å². The number of fused-ring (bicyclic) bond motifs is 1. The van der Waals surface area contributed by atoms with Crippen molar-refractivity contribution in [2.75, 3.05) is 16.4 Å². The standard InChI is InChI=1S/C13H11Cl3N2O3S2/c1-6(19)17-13-18(10-4-23(20,21)5-11(10)22-13)12-8(15)2-7(14)3-9(12)16/h2-3,10-11H,4-5H2,1H3/t10-,11-/m0/s1. The highest BCUT2D eigenvalue weighted by Gasteiger charge is 2.50. The number of thioether (sulfide) groups is 1. The number of hydrogen-bond donors (Lipinski definition) is 0. The lowest BCUT2D eigenvalue weighted by atomic mass is 10.2. The first-order valence-corrected chi connectivity index (χ1v) is 10.4. The third kappa shape index (κ3) is 3.35. The smallest absolute Gasteiger partial charge is 0.244 e. The van der Waals surface area contributed by atoms with Gasteiger partial charge >= 0.3 is 0 Å². The quantitative estimate of drug-likeness (QED) is 0.707. The van der Waals surface area contributed by atoms with Gasteiger partial charge < -0.3 is 4.90 Å². The Morgan fingerprint density at radius 2 is 1.87 bits per heavy atom. The maximum Gasteiger partial charge on any atom is 0.244 e. The number of benzene rings is 1. The van der Waals surface area contributed by atoms with Crippen molar-refractivity contribution in [1.29, 1.82) is 0 Å². The molecule has 1 aromatic rings. The third-order valence-corrected chi connectivity index (χ3v) is 7.55. The van der Waals surface area contributed by atoms with Gasteiger partial charge in [-0.25, -0.2) is 8.42 Å². The summed E-state index contributed by atoms with van der Waals surface area (Å²) in [5.74, 6) is -0.364. The molecule has 3 rings (SSSR count). The van der Waals surface area contributed by atoms with E-state index < -0.39 is 9.84 Å². The van der Waals surface area contributed by atoms with Gasteiger partial charge in [-0.05, 0) is 12.1 Å². The lowest BCUT2D eigenvalue weighted by molar-refractivity contribution is -0.115. The average molecular weight is 414 g/mol. The molecule has 2 aliphatic heterocycles. The molecule has 2 heterocycles. The third-order valence-electron chi connectivity index (χ3n) is 3.54. The van der Waals surface area contributed by atoms with Crippen LogP contribution < -0.4 is 4.90 Å². The minimum atomic E-state index is -3.15. The van der Waals surface area contributed by atoms with Crippen molar-refractivity contribution in [3.8, 4) is 0 Å². The van der Waals surface area contributed by atoms with Gasteiger partial charge in [0.15, 0.2) is 15.0 Å². The Kier molecular flexibility index (Phi) is 4.61. The summed E-state index contributed by atoms with van der Waals surface area (Å²) in [7, 11) is -3.15. The summed E-state index contributed by atoms with van der Waals surface area (Å²) >= 11 is 19.7. The van der Waals surface area contributed by atoms with Crippen molar-refractivity contribution in [2.45, 2.75) is 18.2 Å². The normalized spacial score (nSPS) is 27.5. The molecule has 0 aliphatic carbocycles. The molecule has 2 atom stereocenters. The van der Waals surface area contributed by atoms with Crippen molar-refractivity contribution >= 4 is 73.2 Å². The van der Waals surface area contributed by atoms with Gasteiger partial charge in [0.1, 0.15) is 0 Å². The predicted molar refractivity (Wildman–Crippen MR) is 95.9 cm³/mol. The van der Waals surface area contributed by atoms with Gasteiger partial charge in [0.2, 0.25) is 5.91 Å². The first-order chi connectivity index (χ1) is 10.7. The van der Waals surface area contributed by atoms with E-state index in [9.17, 15) is 13.2 Å². The molecule has 10 heteroatoms. The van der Waals surface area contributed by atoms with Crippen molar-refractivity contribution in [1.82, 2.24) is 0 Å². The van der Waals surface area contributed by atoms with Crippen LogP contribution in [0.1, 0.15) is 6.92 Å². The van der Waals surface area contributed by atoms with Gasteiger partial charge in [0, 0.05) is 17.2 Å². The molecule has 2 fully saturated rings. The zero-order valence-electron chi connectivity index (χ0n) is 11.8. The van der Waals surface area contributed by atoms with Crippen LogP contribution in [0.4, 0.5) is 5.69 Å². The Morgan fingerprint density at radius 3 is 2.43 bits per heavy atom. The van der Waals surface area contributed by atoms with Gasteiger partial charge in [-0.1, -0.05) is 46.6 Å². The maximum absolute atomic E-state index is 11.9. The van der Waals surface area contributed by atoms with Crippen LogP contribution >= 0.6 is 46.6 Å². The average Bonchev–Trinajstić information content (AvgIpc) is 2.81. The molecule has 0 spiro atoms. The minimum absolute atomic E-state index is 0.0309. The van der Waals surface area contributed by atoms with Crippen LogP contribution in [-0.4, -0.2) is 42.3 Å². The molecule has 1 amide bonds. The van der Waals surface area contributed by atoms with Gasteiger partial charge in [0.25, 0.3) is 0 Å². The van der Waals surface area contributed by atoms with Crippen LogP contribution in [0, 0.1) is 0 Å². The van der Waals surface area contributed by atoms with E-state index in [4.69, 9.17) is 34.8 Å². The highest BCUT2D eigenvalue weighted by molar-refractivity contribution is 8.16. The molecular formula is C13H11Cl3N2O3S2. The van der Waals surface area contributed by atoms with E-state index in [0.717, 1.165) is 0 Å². The second kappa shape index (κ2) is 6.11. The highest BCUT2D eigenvalue weighted by atomic mass is 35.5. The zero-order valence-corrected chi connectivity index (χ0v) is 15.7. The maximum atomic E-state index is 11.9. The summed E-state index contributed by atoms with van der Waals surface area (Å²) in [6, 6.07) is 2.69. The predicted octanol–water partition coefficient (Wildman–Crippen LogP) is 3.27. The van der Waals surface area contributed by atoms with E-state index in [-0.39, 0.29) is 38.7 Å². The van der Waals surface area contributed by atoms with E-state index in [1.165, 1.54) is 30.8 Å². The fraction of sp³-hybridized carbons (Fsp3) is 0.385. The molecule has 2 saturated heterocycles. The lowest BCUT2D eigenvalue weighted by Crippen LogP contribution is -2.38. The topological polar surface area (TPSA) is 66.8 Å². The van der Waals surface area contributed by atoms with Gasteiger partial charge in [-0.3, -0.25) is 4.79 Å². The first kappa shape index (κ1) is 17.4. The molecule has 23 heavy (non-hydrogen) atoms. The number of amidine groups is 1. The second-order valence-electron chi connectivity index (χ2n) is 5.30. The summed E-state index contributed by atoms with van der Waals surface area (Å²) < 4.78 is 23.9. The molecule has 0 saturated carbocycles. The van der Waals surface area contributed by atoms with E-state index in [1.54, 1.807) is 4.90 Å². The van der Waals surface area contributed by atoms with Crippen LogP contribution in [0.2, 0.25) is 15.1 Å². The van der Waals surface area contributed by atoms with Gasteiger partial charge in [0.05, 0.1) is 33.3 Å². The highest BCUT2D eigenvalue weighted by Crippen LogP contribution is 2.46. The number of hydrogen-bond acceptors (Lipinski definition) is 4. The zero-order chi connectivity index (χ0) is 16.9. The molecule has 0 aromatic heterocycles. The first-order valence-electron chi connectivity index (χ1n) is 6.58. The number of amides is 1. The van der Waals surface area contributed by atoms with Crippen LogP contribution in [0.5, 0.6) is 0 Å². The largest absolute Gasteiger partial charge is 0.313 e. The van der Waals surface area contributed by atoms with Crippen LogP contribution in [0.15, 0.2) is 17.1 Å². The SMILES string of the molecule is CC(=O)N=C1S[C@H]2CS(=O)(=O)C[C@@H]2N1c1c(Cl)cc(Cl)cc1Cl. The molecule has 0 N–H and O–H groups in total. The molecule has 2 aliphatic rings. The Bertz CT molecular complexity index is 803. The number of sulfone groups is 1. The monoisotopic (exact) mass is 412 g/mol. The molecule has 0 bridgehead atoms. The summed E-state index contributed by atoms with van der Waals surface area (Å²) in [5, 5.41) is 1.14. The Balaban J connectivity index is 2.14. The minimum Gasteiger partial charge on any atom is -0.313 e. The number of carbonyl (C=O) groups is 1. The van der Waals surface area contributed by atoms with E-state index >= 15 is 0 Å². The van der Waals surface area contributed by atoms with E-state index in [2.05, 4.69) is 4.99 Å². The Labute approximate surface area is 152 Å². The van der Waals surface area contributed by atoms with Crippen LogP contribution in [-0.2, 0) is 14.6 Å². The number of aliphatic imine (C=N–C) groups is 1. The molecular weight excluding hydrogens is 403 g/mol. The molecule has 5 nitrogen and oxygen atoms in total. The van der Waals surface area contributed by atoms with Crippen LogP contribution in [0.3, 0.4) is 0 Å². The Hall–Kier alpha value is -0.470. The van der Waals surface area contributed by atoms with Crippen molar-refractivity contribution in [3.63, 3.8) is 0 Å². The van der Waals surface area contributed by atoms with E-state index in [1.807, 2.05) is 0 Å². The summed E-state index contributed by atoms with van der Waals surface area (Å²) in [5.41, 5.74) is 0.426. The molecule has 124 valence electrons. The number of nitrogens with zero attached hydrogens (tertiary/aromatic N) is 2. The molecule has 1 aromatic carbocycles. The fourth-order valence-electron chi connectivity index (χ4n) is 2.73. The van der Waals surface area contributed by atoms with Crippen molar-refractivity contribution < 1.29 is 13.2 Å². The number of carbonyl (C=O) groups excluding carboxylic acids is 1. The van der Waals surface area contributed by atoms with Crippen LogP contribution in [0.25, 0.3) is 0 Å². The lowest BCUT2D eigenvalue weighted by Gasteiger charge is -2.26. The second-order valence-corrected chi connectivity index (χ2v) is 9.91. The van der Waals surface area contributed by atoms with Crippen molar-refractivity contribution in [3.05, 3.63) is 27.2 Å². The summed E-state index contributed by atoms with van der Waals surface area (Å²) in [4.78, 5) is 17.1.